The summed E-state index contributed by atoms with van der Waals surface area (Å²) in [5, 5.41) is 17.7. The first-order valence-electron chi connectivity index (χ1n) is 5.17. The molecule has 0 aromatic rings. The second-order valence-corrected chi connectivity index (χ2v) is 4.96. The zero-order valence-electron chi connectivity index (χ0n) is 9.83. The lowest BCUT2D eigenvalue weighted by Crippen LogP contribution is -2.29. The molecule has 0 rings (SSSR count). The van der Waals surface area contributed by atoms with Crippen molar-refractivity contribution in [3.05, 3.63) is 0 Å². The molecular formula is C12H20N2. The van der Waals surface area contributed by atoms with Crippen molar-refractivity contribution in [2.45, 2.75) is 41.0 Å². The fraction of sp³-hybridized carbons (Fsp3) is 0.833. The van der Waals surface area contributed by atoms with Gasteiger partial charge in [-0.15, -0.1) is 0 Å². The summed E-state index contributed by atoms with van der Waals surface area (Å²) in [6.45, 7) is 10.7. The van der Waals surface area contributed by atoms with Crippen LogP contribution in [0.4, 0.5) is 0 Å². The molecule has 2 nitrogen and oxygen atoms in total. The van der Waals surface area contributed by atoms with E-state index in [1.807, 2.05) is 0 Å². The summed E-state index contributed by atoms with van der Waals surface area (Å²) in [5.41, 5.74) is 0.159. The van der Waals surface area contributed by atoms with E-state index >= 15 is 0 Å². The molecule has 78 valence electrons. The van der Waals surface area contributed by atoms with Crippen molar-refractivity contribution in [1.29, 1.82) is 10.5 Å². The predicted octanol–water partition coefficient (Wildman–Crippen LogP) is 3.36. The van der Waals surface area contributed by atoms with Crippen LogP contribution in [0, 0.1) is 45.8 Å². The fourth-order valence-corrected chi connectivity index (χ4v) is 1.74. The molecule has 2 atom stereocenters. The van der Waals surface area contributed by atoms with Crippen LogP contribution < -0.4 is 0 Å². The predicted molar refractivity (Wildman–Crippen MR) is 57.1 cm³/mol. The first-order chi connectivity index (χ1) is 6.38. The average molecular weight is 192 g/mol. The highest BCUT2D eigenvalue weighted by atomic mass is 14.4. The number of rotatable bonds is 3. The van der Waals surface area contributed by atoms with E-state index in [4.69, 9.17) is 10.5 Å². The van der Waals surface area contributed by atoms with Crippen LogP contribution >= 0.6 is 0 Å². The van der Waals surface area contributed by atoms with Crippen molar-refractivity contribution in [3.63, 3.8) is 0 Å². The van der Waals surface area contributed by atoms with E-state index in [9.17, 15) is 0 Å². The molecule has 0 bridgehead atoms. The lowest BCUT2D eigenvalue weighted by atomic mass is 9.69. The summed E-state index contributed by atoms with van der Waals surface area (Å²) < 4.78 is 0. The molecule has 0 saturated carbocycles. The Labute approximate surface area is 87.5 Å². The minimum Gasteiger partial charge on any atom is -0.197 e. The third-order valence-electron chi connectivity index (χ3n) is 3.19. The number of nitriles is 2. The molecule has 0 saturated heterocycles. The largest absolute Gasteiger partial charge is 0.197 e. The van der Waals surface area contributed by atoms with E-state index in [1.54, 1.807) is 0 Å². The molecule has 0 heterocycles. The van der Waals surface area contributed by atoms with Gasteiger partial charge in [0.25, 0.3) is 0 Å². The second-order valence-electron chi connectivity index (χ2n) is 4.96. The molecule has 0 spiro atoms. The molecule has 0 aliphatic carbocycles. The van der Waals surface area contributed by atoms with Gasteiger partial charge in [-0.3, -0.25) is 0 Å². The Morgan fingerprint density at radius 3 is 1.79 bits per heavy atom. The van der Waals surface area contributed by atoms with Gasteiger partial charge in [-0.05, 0) is 17.3 Å². The molecule has 0 fully saturated rings. The van der Waals surface area contributed by atoms with Gasteiger partial charge in [0.05, 0.1) is 12.1 Å². The van der Waals surface area contributed by atoms with Crippen LogP contribution in [0.1, 0.15) is 41.0 Å². The van der Waals surface area contributed by atoms with Gasteiger partial charge in [0.2, 0.25) is 0 Å². The topological polar surface area (TPSA) is 47.6 Å². The lowest BCUT2D eigenvalue weighted by molar-refractivity contribution is 0.156. The van der Waals surface area contributed by atoms with Crippen LogP contribution in [0.3, 0.4) is 0 Å². The van der Waals surface area contributed by atoms with E-state index in [1.165, 1.54) is 0 Å². The fourth-order valence-electron chi connectivity index (χ4n) is 1.74. The maximum atomic E-state index is 8.87. The Hall–Kier alpha value is -1.02. The highest BCUT2D eigenvalue weighted by Crippen LogP contribution is 2.36. The summed E-state index contributed by atoms with van der Waals surface area (Å²) in [6.07, 6.45) is 0.893. The molecule has 0 aromatic heterocycles. The second kappa shape index (κ2) is 5.01. The Bertz CT molecular complexity index is 235. The molecule has 0 unspecified atom stereocenters. The van der Waals surface area contributed by atoms with E-state index in [0.717, 1.165) is 6.42 Å². The molecule has 0 N–H and O–H groups in total. The quantitative estimate of drug-likeness (QED) is 0.688. The molecular weight excluding hydrogens is 172 g/mol. The number of nitrogens with zero attached hydrogens (tertiary/aromatic N) is 2. The lowest BCUT2D eigenvalue weighted by Gasteiger charge is -2.34. The maximum Gasteiger partial charge on any atom is 0.136 e. The highest BCUT2D eigenvalue weighted by Gasteiger charge is 2.32. The Morgan fingerprint density at radius 2 is 1.57 bits per heavy atom. The van der Waals surface area contributed by atoms with Gasteiger partial charge >= 0.3 is 0 Å². The summed E-state index contributed by atoms with van der Waals surface area (Å²) in [4.78, 5) is 0. The summed E-state index contributed by atoms with van der Waals surface area (Å²) >= 11 is 0. The Morgan fingerprint density at radius 1 is 1.14 bits per heavy atom. The maximum absolute atomic E-state index is 8.87. The van der Waals surface area contributed by atoms with Gasteiger partial charge in [-0.1, -0.05) is 41.0 Å². The van der Waals surface area contributed by atoms with Gasteiger partial charge in [-0.2, -0.15) is 10.5 Å². The summed E-state index contributed by atoms with van der Waals surface area (Å²) in [5.74, 6) is 0.107. The van der Waals surface area contributed by atoms with E-state index in [-0.39, 0.29) is 11.3 Å². The third-order valence-corrected chi connectivity index (χ3v) is 3.19. The number of hydrogen-bond acceptors (Lipinski definition) is 2. The van der Waals surface area contributed by atoms with Crippen LogP contribution in [-0.4, -0.2) is 0 Å². The van der Waals surface area contributed by atoms with Crippen LogP contribution in [0.15, 0.2) is 0 Å². The summed E-state index contributed by atoms with van der Waals surface area (Å²) in [6, 6.07) is 4.19. The van der Waals surface area contributed by atoms with Gasteiger partial charge in [0.15, 0.2) is 0 Å². The normalized spacial score (nSPS) is 15.7. The number of hydrogen-bond donors (Lipinski definition) is 0. The zero-order chi connectivity index (χ0) is 11.4. The highest BCUT2D eigenvalue weighted by molar-refractivity contribution is 5.04. The molecule has 0 amide bonds. The average Bonchev–Trinajstić information content (AvgIpc) is 2.11. The van der Waals surface area contributed by atoms with Crippen LogP contribution in [0.2, 0.25) is 0 Å². The third kappa shape index (κ3) is 3.04. The SMILES string of the molecule is CC[C@@H](C(C#N)C#N)[C@H](C)C(C)(C)C. The van der Waals surface area contributed by atoms with Crippen molar-refractivity contribution in [3.8, 4) is 12.1 Å². The smallest absolute Gasteiger partial charge is 0.136 e. The van der Waals surface area contributed by atoms with Gasteiger partial charge in [0.1, 0.15) is 5.92 Å². The van der Waals surface area contributed by atoms with Gasteiger partial charge < -0.3 is 0 Å². The zero-order valence-corrected chi connectivity index (χ0v) is 9.83. The molecule has 0 aliphatic heterocycles. The molecule has 2 heteroatoms. The monoisotopic (exact) mass is 192 g/mol. The summed E-state index contributed by atoms with van der Waals surface area (Å²) in [7, 11) is 0. The first kappa shape index (κ1) is 13.0. The molecule has 0 aliphatic rings. The van der Waals surface area contributed by atoms with E-state index < -0.39 is 5.92 Å². The van der Waals surface area contributed by atoms with Crippen LogP contribution in [0.25, 0.3) is 0 Å². The van der Waals surface area contributed by atoms with Gasteiger partial charge in [-0.25, -0.2) is 0 Å². The Balaban J connectivity index is 4.76. The minimum absolute atomic E-state index is 0.159. The van der Waals surface area contributed by atoms with Crippen molar-refractivity contribution >= 4 is 0 Å². The van der Waals surface area contributed by atoms with Crippen molar-refractivity contribution in [1.82, 2.24) is 0 Å². The molecule has 0 radical (unpaired) electrons. The Kier molecular flexibility index (Phi) is 4.64. The van der Waals surface area contributed by atoms with Crippen LogP contribution in [-0.2, 0) is 0 Å². The molecule has 0 aromatic carbocycles. The van der Waals surface area contributed by atoms with E-state index in [2.05, 4.69) is 46.8 Å². The van der Waals surface area contributed by atoms with Crippen molar-refractivity contribution in [2.24, 2.45) is 23.2 Å². The molecule has 14 heavy (non-hydrogen) atoms. The van der Waals surface area contributed by atoms with Gasteiger partial charge in [0, 0.05) is 0 Å². The first-order valence-corrected chi connectivity index (χ1v) is 5.17. The van der Waals surface area contributed by atoms with Crippen molar-refractivity contribution < 1.29 is 0 Å². The van der Waals surface area contributed by atoms with E-state index in [0.29, 0.717) is 5.92 Å². The van der Waals surface area contributed by atoms with Crippen LogP contribution in [0.5, 0.6) is 0 Å². The minimum atomic E-state index is -0.464. The standard InChI is InChI=1S/C12H20N2/c1-6-11(10(7-13)8-14)9(2)12(3,4)5/h9-11H,6H2,1-5H3/t9-,11+/m0/s1. The van der Waals surface area contributed by atoms with Crippen molar-refractivity contribution in [2.75, 3.05) is 0 Å².